The van der Waals surface area contributed by atoms with Gasteiger partial charge in [-0.15, -0.1) is 10.2 Å². The standard InChI is InChI=1S/C25H17BrN4O3/c1-33-16-8-10-20-17(12-16)18(13-22(27-20)14-5-3-2-4-6-14)24(31)30-29-23-19-11-15(26)7-9-21(19)28-25(23)32/h2-13,28,32H,1H3. The van der Waals surface area contributed by atoms with Gasteiger partial charge >= 0.3 is 0 Å². The van der Waals surface area contributed by atoms with E-state index in [0.29, 0.717) is 38.8 Å². The molecule has 3 aromatic carbocycles. The number of hydrogen-bond donors (Lipinski definition) is 2. The molecule has 2 N–H and O–H groups in total. The van der Waals surface area contributed by atoms with E-state index in [1.165, 1.54) is 0 Å². The third kappa shape index (κ3) is 3.96. The molecular formula is C25H17BrN4O3. The number of methoxy groups -OCH3 is 1. The van der Waals surface area contributed by atoms with Gasteiger partial charge in [-0.2, -0.15) is 0 Å². The molecule has 0 aliphatic rings. The number of halogens is 1. The summed E-state index contributed by atoms with van der Waals surface area (Å²) in [5.74, 6) is -0.121. The maximum Gasteiger partial charge on any atom is 0.296 e. The summed E-state index contributed by atoms with van der Waals surface area (Å²) in [6.07, 6.45) is 0. The summed E-state index contributed by atoms with van der Waals surface area (Å²) in [5, 5.41) is 19.5. The number of aromatic nitrogens is 2. The molecule has 5 rings (SSSR count). The highest BCUT2D eigenvalue weighted by molar-refractivity contribution is 9.10. The van der Waals surface area contributed by atoms with Gasteiger partial charge in [0, 0.05) is 20.8 Å². The third-order valence-electron chi connectivity index (χ3n) is 5.27. The van der Waals surface area contributed by atoms with E-state index in [9.17, 15) is 9.90 Å². The summed E-state index contributed by atoms with van der Waals surface area (Å²) in [6.45, 7) is 0. The Hall–Kier alpha value is -4.04. The zero-order chi connectivity index (χ0) is 22.9. The molecule has 0 spiro atoms. The fraction of sp³-hybridized carbons (Fsp3) is 0.0400. The van der Waals surface area contributed by atoms with Crippen LogP contribution in [0, 0.1) is 0 Å². The summed E-state index contributed by atoms with van der Waals surface area (Å²) >= 11 is 3.41. The number of nitrogens with zero attached hydrogens (tertiary/aromatic N) is 3. The zero-order valence-corrected chi connectivity index (χ0v) is 19.0. The molecule has 5 aromatic rings. The van der Waals surface area contributed by atoms with Crippen molar-refractivity contribution in [2.75, 3.05) is 7.11 Å². The predicted octanol–water partition coefficient (Wildman–Crippen LogP) is 6.78. The Morgan fingerprint density at radius 1 is 1.03 bits per heavy atom. The summed E-state index contributed by atoms with van der Waals surface area (Å²) in [7, 11) is 1.56. The minimum absolute atomic E-state index is 0.161. The van der Waals surface area contributed by atoms with Crippen LogP contribution in [0.25, 0.3) is 33.1 Å². The van der Waals surface area contributed by atoms with Gasteiger partial charge < -0.3 is 14.8 Å². The number of amides is 1. The summed E-state index contributed by atoms with van der Waals surface area (Å²) < 4.78 is 6.15. The first-order valence-corrected chi connectivity index (χ1v) is 10.8. The fourth-order valence-electron chi connectivity index (χ4n) is 3.65. The lowest BCUT2D eigenvalue weighted by atomic mass is 10.0. The number of fused-ring (bicyclic) bond motifs is 2. The summed E-state index contributed by atoms with van der Waals surface area (Å²) in [6, 6.07) is 22.1. The van der Waals surface area contributed by atoms with Gasteiger partial charge in [0.2, 0.25) is 5.88 Å². The molecule has 0 fully saturated rings. The van der Waals surface area contributed by atoms with Crippen LogP contribution in [0.4, 0.5) is 5.69 Å². The maximum atomic E-state index is 13.2. The van der Waals surface area contributed by atoms with E-state index in [4.69, 9.17) is 9.72 Å². The van der Waals surface area contributed by atoms with Crippen LogP contribution < -0.4 is 4.74 Å². The van der Waals surface area contributed by atoms with Crippen molar-refractivity contribution < 1.29 is 14.6 Å². The molecule has 2 heterocycles. The van der Waals surface area contributed by atoms with Gasteiger partial charge in [-0.1, -0.05) is 46.3 Å². The van der Waals surface area contributed by atoms with Gasteiger partial charge in [0.1, 0.15) is 5.75 Å². The first-order chi connectivity index (χ1) is 16.0. The summed E-state index contributed by atoms with van der Waals surface area (Å²) in [4.78, 5) is 20.8. The number of H-pyrrole nitrogens is 1. The van der Waals surface area contributed by atoms with Crippen molar-refractivity contribution in [1.82, 2.24) is 9.97 Å². The Labute approximate surface area is 196 Å². The lowest BCUT2D eigenvalue weighted by Crippen LogP contribution is -1.99. The fourth-order valence-corrected chi connectivity index (χ4v) is 4.01. The van der Waals surface area contributed by atoms with E-state index in [1.807, 2.05) is 36.4 Å². The molecule has 162 valence electrons. The molecule has 0 aliphatic carbocycles. The van der Waals surface area contributed by atoms with Crippen molar-refractivity contribution in [3.63, 3.8) is 0 Å². The molecule has 33 heavy (non-hydrogen) atoms. The topological polar surface area (TPSA) is 99.9 Å². The first kappa shape index (κ1) is 20.8. The number of hydrogen-bond acceptors (Lipinski definition) is 5. The highest BCUT2D eigenvalue weighted by Crippen LogP contribution is 2.37. The maximum absolute atomic E-state index is 13.2. The molecule has 2 aromatic heterocycles. The minimum Gasteiger partial charge on any atom is -0.497 e. The van der Waals surface area contributed by atoms with Crippen molar-refractivity contribution in [1.29, 1.82) is 0 Å². The number of aromatic amines is 1. The molecule has 7 nitrogen and oxygen atoms in total. The van der Waals surface area contributed by atoms with Crippen LogP contribution in [-0.4, -0.2) is 28.1 Å². The van der Waals surface area contributed by atoms with E-state index in [0.717, 1.165) is 10.0 Å². The molecule has 0 bridgehead atoms. The Morgan fingerprint density at radius 3 is 2.64 bits per heavy atom. The lowest BCUT2D eigenvalue weighted by molar-refractivity contribution is 0.0996. The molecule has 0 saturated heterocycles. The van der Waals surface area contributed by atoms with Gasteiger partial charge in [-0.25, -0.2) is 4.98 Å². The monoisotopic (exact) mass is 500 g/mol. The van der Waals surface area contributed by atoms with Crippen LogP contribution in [0.2, 0.25) is 0 Å². The molecule has 1 amide bonds. The highest BCUT2D eigenvalue weighted by Gasteiger charge is 2.16. The molecule has 0 radical (unpaired) electrons. The number of nitrogens with one attached hydrogen (secondary N) is 1. The first-order valence-electron chi connectivity index (χ1n) is 10.0. The number of aromatic hydroxyl groups is 1. The Kier molecular flexibility index (Phi) is 5.35. The zero-order valence-electron chi connectivity index (χ0n) is 17.4. The number of azo groups is 1. The van der Waals surface area contributed by atoms with E-state index >= 15 is 0 Å². The molecular weight excluding hydrogens is 484 g/mol. The molecule has 0 saturated carbocycles. The van der Waals surface area contributed by atoms with Crippen molar-refractivity contribution in [3.8, 4) is 22.9 Å². The van der Waals surface area contributed by atoms with Crippen molar-refractivity contribution in [3.05, 3.63) is 82.8 Å². The van der Waals surface area contributed by atoms with E-state index in [2.05, 4.69) is 31.1 Å². The number of ether oxygens (including phenoxy) is 1. The second kappa shape index (κ2) is 8.48. The van der Waals surface area contributed by atoms with Crippen LogP contribution in [0.1, 0.15) is 10.4 Å². The Balaban J connectivity index is 1.63. The average molecular weight is 501 g/mol. The number of carbonyl (C=O) groups is 1. The van der Waals surface area contributed by atoms with Crippen molar-refractivity contribution in [2.45, 2.75) is 0 Å². The van der Waals surface area contributed by atoms with Crippen molar-refractivity contribution in [2.24, 2.45) is 10.2 Å². The smallest absolute Gasteiger partial charge is 0.296 e. The number of rotatable bonds is 4. The van der Waals surface area contributed by atoms with Crippen LogP contribution in [0.15, 0.2) is 87.5 Å². The van der Waals surface area contributed by atoms with E-state index < -0.39 is 5.91 Å². The third-order valence-corrected chi connectivity index (χ3v) is 5.76. The van der Waals surface area contributed by atoms with E-state index in [1.54, 1.807) is 43.5 Å². The number of carbonyl (C=O) groups excluding carboxylic acids is 1. The lowest BCUT2D eigenvalue weighted by Gasteiger charge is -2.09. The van der Waals surface area contributed by atoms with Gasteiger partial charge in [-0.05, 0) is 42.5 Å². The Bertz CT molecular complexity index is 1540. The molecule has 0 aliphatic heterocycles. The van der Waals surface area contributed by atoms with Crippen LogP contribution in [0.5, 0.6) is 11.6 Å². The SMILES string of the molecule is COc1ccc2nc(-c3ccccc3)cc(C(=O)N=Nc3c(O)[nH]c4ccc(Br)cc34)c2c1. The average Bonchev–Trinajstić information content (AvgIpc) is 3.16. The second-order valence-corrected chi connectivity index (χ2v) is 8.24. The van der Waals surface area contributed by atoms with E-state index in [-0.39, 0.29) is 11.6 Å². The predicted molar refractivity (Wildman–Crippen MR) is 130 cm³/mol. The largest absolute Gasteiger partial charge is 0.497 e. The molecule has 0 unspecified atom stereocenters. The number of benzene rings is 3. The number of pyridine rings is 1. The molecule has 0 atom stereocenters. The summed E-state index contributed by atoms with van der Waals surface area (Å²) in [5.41, 5.74) is 3.36. The minimum atomic E-state index is -0.559. The van der Waals surface area contributed by atoms with Crippen LogP contribution >= 0.6 is 15.9 Å². The molecule has 8 heteroatoms. The van der Waals surface area contributed by atoms with Gasteiger partial charge in [0.25, 0.3) is 5.91 Å². The van der Waals surface area contributed by atoms with Crippen molar-refractivity contribution >= 4 is 49.3 Å². The van der Waals surface area contributed by atoms with Gasteiger partial charge in [0.05, 0.1) is 29.4 Å². The van der Waals surface area contributed by atoms with Crippen LogP contribution in [-0.2, 0) is 0 Å². The van der Waals surface area contributed by atoms with Gasteiger partial charge in [0.15, 0.2) is 5.69 Å². The second-order valence-electron chi connectivity index (χ2n) is 7.32. The van der Waals surface area contributed by atoms with Gasteiger partial charge in [-0.3, -0.25) is 4.79 Å². The Morgan fingerprint density at radius 2 is 1.85 bits per heavy atom. The quantitative estimate of drug-likeness (QED) is 0.265. The normalized spacial score (nSPS) is 11.5. The van der Waals surface area contributed by atoms with Crippen LogP contribution in [0.3, 0.4) is 0 Å². The highest BCUT2D eigenvalue weighted by atomic mass is 79.9.